The molecule has 0 aliphatic carbocycles. The van der Waals surface area contributed by atoms with Gasteiger partial charge in [-0.3, -0.25) is 14.8 Å². The summed E-state index contributed by atoms with van der Waals surface area (Å²) >= 11 is 0. The first-order valence-electron chi connectivity index (χ1n) is 10.1. The molecule has 2 aliphatic rings. The van der Waals surface area contributed by atoms with E-state index in [0.29, 0.717) is 26.2 Å². The first kappa shape index (κ1) is 25.7. The number of guanidine groups is 1. The summed E-state index contributed by atoms with van der Waals surface area (Å²) in [5.41, 5.74) is 0. The van der Waals surface area contributed by atoms with Crippen LogP contribution in [0.3, 0.4) is 0 Å². The summed E-state index contributed by atoms with van der Waals surface area (Å²) in [6.07, 6.45) is -2.06. The molecule has 0 radical (unpaired) electrons. The Labute approximate surface area is 183 Å². The van der Waals surface area contributed by atoms with Crippen LogP contribution in [0.2, 0.25) is 0 Å². The van der Waals surface area contributed by atoms with Crippen molar-refractivity contribution in [3.8, 4) is 0 Å². The number of rotatable bonds is 7. The maximum Gasteiger partial charge on any atom is 0.403 e. The average molecular weight is 521 g/mol. The van der Waals surface area contributed by atoms with Crippen LogP contribution in [-0.4, -0.2) is 105 Å². The summed E-state index contributed by atoms with van der Waals surface area (Å²) < 4.78 is 44.0. The van der Waals surface area contributed by atoms with Crippen LogP contribution in [-0.2, 0) is 4.74 Å². The van der Waals surface area contributed by atoms with E-state index in [1.165, 1.54) is 11.8 Å². The quantitative estimate of drug-likeness (QED) is 0.241. The van der Waals surface area contributed by atoms with Gasteiger partial charge in [0.25, 0.3) is 0 Å². The highest BCUT2D eigenvalue weighted by Crippen LogP contribution is 2.25. The molecule has 2 heterocycles. The summed E-state index contributed by atoms with van der Waals surface area (Å²) in [5.74, 6) is 0.822. The van der Waals surface area contributed by atoms with Gasteiger partial charge < -0.3 is 15.0 Å². The Kier molecular flexibility index (Phi) is 12.0. The standard InChI is InChI=1S/C18H34F3N5O.HI/c1-3-22-17(23-6-4-5-7-24-12-14-27-15-13-24)26-10-8-25(9-11-26)16(2)18(19,20)21;/h16H,3-15H2,1-2H3,(H,22,23);1H. The number of aliphatic imine (C=N–C) groups is 1. The fraction of sp³-hybridized carbons (Fsp3) is 0.944. The molecule has 0 bridgehead atoms. The molecule has 0 saturated carbocycles. The van der Waals surface area contributed by atoms with Crippen LogP contribution >= 0.6 is 24.0 Å². The Morgan fingerprint density at radius 3 is 2.29 bits per heavy atom. The van der Waals surface area contributed by atoms with Crippen molar-refractivity contribution < 1.29 is 17.9 Å². The van der Waals surface area contributed by atoms with Gasteiger partial charge in [-0.2, -0.15) is 13.2 Å². The van der Waals surface area contributed by atoms with Crippen molar-refractivity contribution in [2.24, 2.45) is 4.99 Å². The summed E-state index contributed by atoms with van der Waals surface area (Å²) in [4.78, 5) is 10.7. The van der Waals surface area contributed by atoms with Crippen molar-refractivity contribution >= 4 is 29.9 Å². The molecule has 2 saturated heterocycles. The van der Waals surface area contributed by atoms with E-state index in [4.69, 9.17) is 4.74 Å². The predicted molar refractivity (Wildman–Crippen MR) is 117 cm³/mol. The summed E-state index contributed by atoms with van der Waals surface area (Å²) in [5, 5.41) is 3.28. The molecule has 1 N–H and O–H groups in total. The second-order valence-corrected chi connectivity index (χ2v) is 7.14. The molecule has 10 heteroatoms. The zero-order valence-corrected chi connectivity index (χ0v) is 19.3. The number of piperazine rings is 1. The molecular weight excluding hydrogens is 486 g/mol. The van der Waals surface area contributed by atoms with Gasteiger partial charge in [-0.15, -0.1) is 24.0 Å². The van der Waals surface area contributed by atoms with E-state index in [1.54, 1.807) is 0 Å². The van der Waals surface area contributed by atoms with E-state index in [9.17, 15) is 13.2 Å². The fourth-order valence-electron chi connectivity index (χ4n) is 3.41. The molecule has 0 spiro atoms. The third kappa shape index (κ3) is 8.58. The fourth-order valence-corrected chi connectivity index (χ4v) is 3.41. The van der Waals surface area contributed by atoms with Gasteiger partial charge in [0.2, 0.25) is 0 Å². The molecule has 2 fully saturated rings. The SMILES string of the molecule is CCNC(=NCCCCN1CCOCC1)N1CCN(C(C)C(F)(F)F)CC1.I. The Morgan fingerprint density at radius 1 is 1.07 bits per heavy atom. The molecule has 0 aromatic rings. The van der Waals surface area contributed by atoms with E-state index < -0.39 is 12.2 Å². The van der Waals surface area contributed by atoms with Gasteiger partial charge in [0, 0.05) is 52.4 Å². The molecule has 6 nitrogen and oxygen atoms in total. The van der Waals surface area contributed by atoms with Gasteiger partial charge in [0.1, 0.15) is 6.04 Å². The lowest BCUT2D eigenvalue weighted by Gasteiger charge is -2.39. The number of ether oxygens (including phenoxy) is 1. The highest BCUT2D eigenvalue weighted by Gasteiger charge is 2.41. The molecule has 0 aromatic heterocycles. The zero-order valence-electron chi connectivity index (χ0n) is 17.0. The van der Waals surface area contributed by atoms with Crippen LogP contribution in [0.5, 0.6) is 0 Å². The highest BCUT2D eigenvalue weighted by molar-refractivity contribution is 14.0. The van der Waals surface area contributed by atoms with Gasteiger partial charge in [-0.25, -0.2) is 0 Å². The molecule has 0 aromatic carbocycles. The van der Waals surface area contributed by atoms with Crippen molar-refractivity contribution in [2.45, 2.75) is 38.9 Å². The molecule has 0 amide bonds. The number of nitrogens with one attached hydrogen (secondary N) is 1. The number of nitrogens with zero attached hydrogens (tertiary/aromatic N) is 4. The number of hydrogen-bond donors (Lipinski definition) is 1. The van der Waals surface area contributed by atoms with Crippen LogP contribution in [0.1, 0.15) is 26.7 Å². The van der Waals surface area contributed by atoms with Crippen molar-refractivity contribution in [3.05, 3.63) is 0 Å². The van der Waals surface area contributed by atoms with Gasteiger partial charge in [-0.05, 0) is 33.2 Å². The average Bonchev–Trinajstić information content (AvgIpc) is 2.66. The third-order valence-corrected chi connectivity index (χ3v) is 5.22. The van der Waals surface area contributed by atoms with Gasteiger partial charge >= 0.3 is 6.18 Å². The molecule has 2 rings (SSSR count). The van der Waals surface area contributed by atoms with Gasteiger partial charge in [-0.1, -0.05) is 0 Å². The lowest BCUT2D eigenvalue weighted by molar-refractivity contribution is -0.181. The molecule has 166 valence electrons. The molecular formula is C18H35F3IN5O. The Morgan fingerprint density at radius 2 is 1.71 bits per heavy atom. The van der Waals surface area contributed by atoms with Crippen molar-refractivity contribution in [1.29, 1.82) is 0 Å². The van der Waals surface area contributed by atoms with E-state index in [-0.39, 0.29) is 24.0 Å². The van der Waals surface area contributed by atoms with Gasteiger partial charge in [0.15, 0.2) is 5.96 Å². The number of halogens is 4. The number of morpholine rings is 1. The van der Waals surface area contributed by atoms with E-state index in [0.717, 1.165) is 64.7 Å². The molecule has 1 atom stereocenters. The van der Waals surface area contributed by atoms with Crippen molar-refractivity contribution in [1.82, 2.24) is 20.0 Å². The molecule has 1 unspecified atom stereocenters. The van der Waals surface area contributed by atoms with Crippen LogP contribution in [0, 0.1) is 0 Å². The first-order valence-corrected chi connectivity index (χ1v) is 10.1. The monoisotopic (exact) mass is 521 g/mol. The van der Waals surface area contributed by atoms with Crippen LogP contribution < -0.4 is 5.32 Å². The summed E-state index contributed by atoms with van der Waals surface area (Å²) in [7, 11) is 0. The summed E-state index contributed by atoms with van der Waals surface area (Å²) in [6.45, 7) is 11.4. The van der Waals surface area contributed by atoms with Crippen LogP contribution in [0.15, 0.2) is 4.99 Å². The Balaban J connectivity index is 0.00000392. The van der Waals surface area contributed by atoms with Crippen LogP contribution in [0.25, 0.3) is 0 Å². The topological polar surface area (TPSA) is 43.3 Å². The molecule has 2 aliphatic heterocycles. The lowest BCUT2D eigenvalue weighted by Crippen LogP contribution is -2.56. The Bertz CT molecular complexity index is 453. The van der Waals surface area contributed by atoms with E-state index in [1.807, 2.05) is 6.92 Å². The normalized spacial score (nSPS) is 21.3. The number of hydrogen-bond acceptors (Lipinski definition) is 4. The maximum atomic E-state index is 12.9. The maximum absolute atomic E-state index is 12.9. The first-order chi connectivity index (χ1) is 12.9. The van der Waals surface area contributed by atoms with Crippen molar-refractivity contribution in [2.75, 3.05) is 72.1 Å². The molecule has 28 heavy (non-hydrogen) atoms. The lowest BCUT2D eigenvalue weighted by atomic mass is 10.2. The van der Waals surface area contributed by atoms with Crippen LogP contribution in [0.4, 0.5) is 13.2 Å². The minimum Gasteiger partial charge on any atom is -0.379 e. The second kappa shape index (κ2) is 13.1. The van der Waals surface area contributed by atoms with Crippen molar-refractivity contribution in [3.63, 3.8) is 0 Å². The Hall–Kier alpha value is -0.330. The van der Waals surface area contributed by atoms with E-state index >= 15 is 0 Å². The largest absolute Gasteiger partial charge is 0.403 e. The third-order valence-electron chi connectivity index (χ3n) is 5.22. The minimum absolute atomic E-state index is 0. The highest BCUT2D eigenvalue weighted by atomic mass is 127. The number of alkyl halides is 3. The number of unbranched alkanes of at least 4 members (excludes halogenated alkanes) is 1. The second-order valence-electron chi connectivity index (χ2n) is 7.14. The zero-order chi connectivity index (χ0) is 19.7. The van der Waals surface area contributed by atoms with E-state index in [2.05, 4.69) is 20.1 Å². The summed E-state index contributed by atoms with van der Waals surface area (Å²) in [6, 6.07) is -1.39. The smallest absolute Gasteiger partial charge is 0.379 e. The van der Waals surface area contributed by atoms with Gasteiger partial charge in [0.05, 0.1) is 13.2 Å². The minimum atomic E-state index is -4.17. The predicted octanol–water partition coefficient (Wildman–Crippen LogP) is 2.25.